The van der Waals surface area contributed by atoms with Crippen molar-refractivity contribution in [2.75, 3.05) is 6.61 Å². The topological polar surface area (TPSA) is 62.3 Å². The van der Waals surface area contributed by atoms with Crippen LogP contribution in [0.15, 0.2) is 65.7 Å². The Hall–Kier alpha value is -3.49. The van der Waals surface area contributed by atoms with Crippen LogP contribution in [0.25, 0.3) is 22.1 Å². The molecule has 2 aromatic heterocycles. The van der Waals surface area contributed by atoms with Gasteiger partial charge in [-0.05, 0) is 40.5 Å². The quantitative estimate of drug-likeness (QED) is 0.480. The molecule has 0 atom stereocenters. The van der Waals surface area contributed by atoms with Gasteiger partial charge in [0.25, 0.3) is 5.88 Å². The van der Waals surface area contributed by atoms with Gasteiger partial charge in [-0.3, -0.25) is 0 Å². The van der Waals surface area contributed by atoms with Gasteiger partial charge < -0.3 is 18.6 Å². The fraction of sp³-hybridized carbons (Fsp3) is 0.158. The second-order valence-corrected chi connectivity index (χ2v) is 5.92. The zero-order chi connectivity index (χ0) is 19.6. The Morgan fingerprint density at radius 1 is 1.04 bits per heavy atom. The zero-order valence-corrected chi connectivity index (χ0v) is 14.4. The van der Waals surface area contributed by atoms with Crippen molar-refractivity contribution < 1.29 is 27.2 Å². The lowest BCUT2D eigenvalue weighted by atomic mass is 10.0. The largest absolute Gasteiger partial charge is 0.573 e. The van der Waals surface area contributed by atoms with Crippen LogP contribution in [0, 0.1) is 0 Å². The molecule has 0 saturated carbocycles. The maximum Gasteiger partial charge on any atom is 0.573 e. The van der Waals surface area contributed by atoms with E-state index >= 15 is 0 Å². The van der Waals surface area contributed by atoms with Crippen LogP contribution < -0.4 is 9.47 Å². The molecule has 28 heavy (non-hydrogen) atoms. The highest BCUT2D eigenvalue weighted by Gasteiger charge is 2.30. The lowest BCUT2D eigenvalue weighted by molar-refractivity contribution is -0.274. The van der Waals surface area contributed by atoms with Crippen LogP contribution in [0.1, 0.15) is 0 Å². The molecular weight excluding hydrogens is 375 g/mol. The fourth-order valence-corrected chi connectivity index (χ4v) is 2.72. The molecule has 4 rings (SSSR count). The molecule has 0 aliphatic rings. The molecule has 0 bridgehead atoms. The molecule has 0 fully saturated rings. The van der Waals surface area contributed by atoms with Crippen LogP contribution in [0.5, 0.6) is 11.6 Å². The Bertz CT molecular complexity index is 1060. The molecule has 0 saturated heterocycles. The summed E-state index contributed by atoms with van der Waals surface area (Å²) in [6, 6.07) is 11.0. The third kappa shape index (κ3) is 4.08. The lowest BCUT2D eigenvalue weighted by Crippen LogP contribution is -2.16. The summed E-state index contributed by atoms with van der Waals surface area (Å²) < 4.78 is 53.6. The van der Waals surface area contributed by atoms with Gasteiger partial charge >= 0.3 is 6.36 Å². The molecule has 0 aliphatic heterocycles. The van der Waals surface area contributed by atoms with Crippen LogP contribution >= 0.6 is 0 Å². The van der Waals surface area contributed by atoms with E-state index in [-0.39, 0.29) is 5.75 Å². The maximum atomic E-state index is 12.3. The second kappa shape index (κ2) is 7.26. The van der Waals surface area contributed by atoms with E-state index in [1.165, 1.54) is 12.1 Å². The van der Waals surface area contributed by atoms with Crippen LogP contribution in [0.2, 0.25) is 0 Å². The van der Waals surface area contributed by atoms with Gasteiger partial charge in [-0.1, -0.05) is 18.2 Å². The summed E-state index contributed by atoms with van der Waals surface area (Å²) in [4.78, 5) is 3.96. The Kier molecular flexibility index (Phi) is 4.64. The van der Waals surface area contributed by atoms with Crippen molar-refractivity contribution in [2.45, 2.75) is 12.9 Å². The van der Waals surface area contributed by atoms with E-state index in [1.54, 1.807) is 36.8 Å². The molecule has 2 heterocycles. The molecule has 0 spiro atoms. The van der Waals surface area contributed by atoms with Gasteiger partial charge in [-0.25, -0.2) is 4.98 Å². The van der Waals surface area contributed by atoms with Crippen molar-refractivity contribution in [3.63, 3.8) is 0 Å². The second-order valence-electron chi connectivity index (χ2n) is 5.92. The molecule has 144 valence electrons. The van der Waals surface area contributed by atoms with E-state index in [4.69, 9.17) is 9.26 Å². The van der Waals surface area contributed by atoms with E-state index < -0.39 is 6.36 Å². The average molecular weight is 389 g/mol. The third-order valence-electron chi connectivity index (χ3n) is 4.01. The van der Waals surface area contributed by atoms with Gasteiger partial charge in [-0.15, -0.1) is 13.2 Å². The monoisotopic (exact) mass is 389 g/mol. The summed E-state index contributed by atoms with van der Waals surface area (Å²) in [7, 11) is 0. The number of benzene rings is 2. The Labute approximate surface area is 157 Å². The van der Waals surface area contributed by atoms with Crippen molar-refractivity contribution >= 4 is 11.0 Å². The minimum Gasteiger partial charge on any atom is -0.473 e. The minimum absolute atomic E-state index is 0.272. The highest BCUT2D eigenvalue weighted by molar-refractivity contribution is 5.87. The normalized spacial score (nSPS) is 11.7. The first-order chi connectivity index (χ1) is 13.5. The summed E-state index contributed by atoms with van der Waals surface area (Å²) in [6.45, 7) is 0.987. The Balaban J connectivity index is 1.52. The summed E-state index contributed by atoms with van der Waals surface area (Å²) in [6.07, 6.45) is 0.484. The standard InChI is InChI=1S/C19H14F3N3O3/c20-19(21,22)27-15-4-1-13(2-5-15)14-3-6-17-16(11-14)18(24-28-17)26-10-9-25-8-7-23-12-25/h1-8,11-12H,9-10H2. The van der Waals surface area contributed by atoms with Crippen molar-refractivity contribution in [3.8, 4) is 22.8 Å². The van der Waals surface area contributed by atoms with Gasteiger partial charge in [0.15, 0.2) is 5.58 Å². The highest BCUT2D eigenvalue weighted by atomic mass is 19.4. The summed E-state index contributed by atoms with van der Waals surface area (Å²) >= 11 is 0. The average Bonchev–Trinajstić information content (AvgIpc) is 3.31. The van der Waals surface area contributed by atoms with Crippen molar-refractivity contribution in [1.29, 1.82) is 0 Å². The Morgan fingerprint density at radius 2 is 1.82 bits per heavy atom. The molecule has 0 amide bonds. The van der Waals surface area contributed by atoms with Crippen LogP contribution in [-0.2, 0) is 6.54 Å². The van der Waals surface area contributed by atoms with E-state index in [0.717, 1.165) is 11.1 Å². The van der Waals surface area contributed by atoms with E-state index in [2.05, 4.69) is 14.9 Å². The number of alkyl halides is 3. The third-order valence-corrected chi connectivity index (χ3v) is 4.01. The number of hydrogen-bond donors (Lipinski definition) is 0. The van der Waals surface area contributed by atoms with Crippen molar-refractivity contribution in [3.05, 3.63) is 61.2 Å². The van der Waals surface area contributed by atoms with Crippen molar-refractivity contribution in [1.82, 2.24) is 14.7 Å². The molecule has 6 nitrogen and oxygen atoms in total. The SMILES string of the molecule is FC(F)(F)Oc1ccc(-c2ccc3onc(OCCn4ccnc4)c3c2)cc1. The lowest BCUT2D eigenvalue weighted by Gasteiger charge is -2.09. The van der Waals surface area contributed by atoms with E-state index in [0.29, 0.717) is 30.0 Å². The maximum absolute atomic E-state index is 12.3. The molecule has 0 unspecified atom stereocenters. The number of aromatic nitrogens is 3. The number of hydrogen-bond acceptors (Lipinski definition) is 5. The van der Waals surface area contributed by atoms with Crippen LogP contribution in [0.4, 0.5) is 13.2 Å². The molecule has 0 N–H and O–H groups in total. The van der Waals surface area contributed by atoms with Crippen LogP contribution in [0.3, 0.4) is 0 Å². The first kappa shape index (κ1) is 17.9. The Morgan fingerprint density at radius 3 is 2.54 bits per heavy atom. The van der Waals surface area contributed by atoms with Gasteiger partial charge in [-0.2, -0.15) is 0 Å². The number of ether oxygens (including phenoxy) is 2. The first-order valence-corrected chi connectivity index (χ1v) is 8.32. The molecule has 0 aliphatic carbocycles. The van der Waals surface area contributed by atoms with Gasteiger partial charge in [0.05, 0.1) is 18.3 Å². The predicted molar refractivity (Wildman–Crippen MR) is 93.9 cm³/mol. The van der Waals surface area contributed by atoms with Crippen LogP contribution in [-0.4, -0.2) is 27.7 Å². The summed E-state index contributed by atoms with van der Waals surface area (Å²) in [5.41, 5.74) is 2.06. The number of imidazole rings is 1. The minimum atomic E-state index is -4.72. The first-order valence-electron chi connectivity index (χ1n) is 8.32. The molecular formula is C19H14F3N3O3. The fourth-order valence-electron chi connectivity index (χ4n) is 2.72. The smallest absolute Gasteiger partial charge is 0.473 e. The zero-order valence-electron chi connectivity index (χ0n) is 14.4. The predicted octanol–water partition coefficient (Wildman–Crippen LogP) is 4.67. The highest BCUT2D eigenvalue weighted by Crippen LogP contribution is 2.31. The van der Waals surface area contributed by atoms with Gasteiger partial charge in [0.2, 0.25) is 0 Å². The number of nitrogens with zero attached hydrogens (tertiary/aromatic N) is 3. The van der Waals surface area contributed by atoms with E-state index in [1.807, 2.05) is 16.8 Å². The van der Waals surface area contributed by atoms with E-state index in [9.17, 15) is 13.2 Å². The molecule has 4 aromatic rings. The summed E-state index contributed by atoms with van der Waals surface area (Å²) in [5, 5.41) is 4.62. The molecule has 0 radical (unpaired) electrons. The van der Waals surface area contributed by atoms with Gasteiger partial charge in [0.1, 0.15) is 12.4 Å². The summed E-state index contributed by atoms with van der Waals surface area (Å²) in [5.74, 6) is 0.0832. The number of halogens is 3. The number of fused-ring (bicyclic) bond motifs is 1. The number of rotatable bonds is 6. The molecule has 9 heteroatoms. The molecule has 2 aromatic carbocycles. The van der Waals surface area contributed by atoms with Gasteiger partial charge in [0, 0.05) is 12.4 Å². The van der Waals surface area contributed by atoms with Crippen molar-refractivity contribution in [2.24, 2.45) is 0 Å².